The van der Waals surface area contributed by atoms with Crippen LogP contribution in [0, 0.1) is 0 Å². The van der Waals surface area contributed by atoms with Gasteiger partial charge in [0.15, 0.2) is 0 Å². The first-order valence-corrected chi connectivity index (χ1v) is 15.3. The Kier molecular flexibility index (Phi) is 9.83. The van der Waals surface area contributed by atoms with Crippen LogP contribution in [0.1, 0.15) is 44.0 Å². The molecule has 2 heterocycles. The Morgan fingerprint density at radius 1 is 1.00 bits per heavy atom. The highest BCUT2D eigenvalue weighted by Gasteiger charge is 2.31. The third-order valence-electron chi connectivity index (χ3n) is 7.07. The summed E-state index contributed by atoms with van der Waals surface area (Å²) in [6.45, 7) is 3.08. The molecule has 11 heteroatoms. The fraction of sp³-hybridized carbons (Fsp3) is 0.312. The molecule has 0 bridgehead atoms. The number of amides is 4. The Labute approximate surface area is 254 Å². The van der Waals surface area contributed by atoms with Crippen molar-refractivity contribution in [3.63, 3.8) is 0 Å². The van der Waals surface area contributed by atoms with Crippen LogP contribution >= 0.6 is 11.8 Å². The van der Waals surface area contributed by atoms with Gasteiger partial charge in [-0.1, -0.05) is 56.1 Å². The van der Waals surface area contributed by atoms with Crippen LogP contribution in [0.4, 0.5) is 15.3 Å². The molecule has 1 saturated heterocycles. The van der Waals surface area contributed by atoms with Gasteiger partial charge in [-0.3, -0.25) is 14.9 Å². The van der Waals surface area contributed by atoms with Gasteiger partial charge in [0, 0.05) is 31.4 Å². The minimum Gasteiger partial charge on any atom is -0.486 e. The van der Waals surface area contributed by atoms with Gasteiger partial charge in [0.1, 0.15) is 29.7 Å². The van der Waals surface area contributed by atoms with E-state index in [9.17, 15) is 14.4 Å². The van der Waals surface area contributed by atoms with Crippen molar-refractivity contribution in [3.05, 3.63) is 78.1 Å². The van der Waals surface area contributed by atoms with Crippen LogP contribution in [-0.4, -0.2) is 38.5 Å². The van der Waals surface area contributed by atoms with E-state index in [-0.39, 0.29) is 23.8 Å². The topological polar surface area (TPSA) is 124 Å². The van der Waals surface area contributed by atoms with E-state index < -0.39 is 5.25 Å². The second-order valence-electron chi connectivity index (χ2n) is 10.3. The van der Waals surface area contributed by atoms with Crippen LogP contribution in [0.25, 0.3) is 11.0 Å². The summed E-state index contributed by atoms with van der Waals surface area (Å²) < 4.78 is 14.1. The summed E-state index contributed by atoms with van der Waals surface area (Å²) in [6, 6.07) is 20.2. The Balaban J connectivity index is 1.16. The van der Waals surface area contributed by atoms with Crippen LogP contribution in [0.5, 0.6) is 17.2 Å². The number of nitrogens with zero attached hydrogens (tertiary/aromatic N) is 2. The predicted molar refractivity (Wildman–Crippen MR) is 168 cm³/mol. The first kappa shape index (κ1) is 30.0. The van der Waals surface area contributed by atoms with Gasteiger partial charge in [0.25, 0.3) is 5.24 Å². The zero-order valence-corrected chi connectivity index (χ0v) is 25.0. The molecule has 1 unspecified atom stereocenters. The molecule has 1 aromatic heterocycles. The molecule has 1 aliphatic heterocycles. The lowest BCUT2D eigenvalue weighted by atomic mass is 10.1. The molecule has 224 valence electrons. The van der Waals surface area contributed by atoms with Crippen molar-refractivity contribution in [1.82, 2.24) is 20.2 Å². The van der Waals surface area contributed by atoms with Crippen molar-refractivity contribution in [2.24, 2.45) is 7.05 Å². The number of benzene rings is 3. The Bertz CT molecular complexity index is 1600. The molecule has 0 radical (unpaired) electrons. The first-order valence-electron chi connectivity index (χ1n) is 14.4. The summed E-state index contributed by atoms with van der Waals surface area (Å²) >= 11 is 1.02. The molecular weight excluding hydrogens is 566 g/mol. The van der Waals surface area contributed by atoms with Gasteiger partial charge in [0.05, 0.1) is 16.3 Å². The van der Waals surface area contributed by atoms with Gasteiger partial charge >= 0.3 is 6.03 Å². The molecule has 43 heavy (non-hydrogen) atoms. The highest BCUT2D eigenvalue weighted by atomic mass is 32.2. The summed E-state index contributed by atoms with van der Waals surface area (Å²) in [5.74, 6) is 2.43. The molecule has 1 atom stereocenters. The molecule has 0 aliphatic carbocycles. The average molecular weight is 602 g/mol. The standard InChI is InChI=1S/C32H35N5O5S/c1-3-4-5-6-16-33-31(39)34-22-8-7-9-24(18-22)42-25-14-15-26-27(19-25)37(2)29(35-26)20-41-23-12-10-21(11-13-23)17-28-30(38)36-32(40)43-28/h7-15,18-19,28H,3-6,16-17,20H2,1-2H3,(H2,33,34,39)(H,36,38,40). The van der Waals surface area contributed by atoms with Gasteiger partial charge in [-0.25, -0.2) is 9.78 Å². The number of imidazole rings is 1. The fourth-order valence-corrected chi connectivity index (χ4v) is 5.59. The van der Waals surface area contributed by atoms with Crippen molar-refractivity contribution in [1.29, 1.82) is 0 Å². The molecule has 1 fully saturated rings. The predicted octanol–water partition coefficient (Wildman–Crippen LogP) is 6.54. The highest BCUT2D eigenvalue weighted by molar-refractivity contribution is 8.15. The summed E-state index contributed by atoms with van der Waals surface area (Å²) in [4.78, 5) is 40.2. The minimum absolute atomic E-state index is 0.231. The number of unbranched alkanes of at least 4 members (excludes halogenated alkanes) is 3. The molecule has 5 rings (SSSR count). The summed E-state index contributed by atoms with van der Waals surface area (Å²) in [7, 11) is 1.93. The smallest absolute Gasteiger partial charge is 0.319 e. The van der Waals surface area contributed by atoms with E-state index >= 15 is 0 Å². The van der Waals surface area contributed by atoms with Gasteiger partial charge in [0.2, 0.25) is 5.91 Å². The third kappa shape index (κ3) is 8.07. The highest BCUT2D eigenvalue weighted by Crippen LogP contribution is 2.28. The summed E-state index contributed by atoms with van der Waals surface area (Å²) in [5, 5.41) is 7.37. The number of ether oxygens (including phenoxy) is 2. The first-order chi connectivity index (χ1) is 20.9. The Morgan fingerprint density at radius 3 is 2.56 bits per heavy atom. The monoisotopic (exact) mass is 601 g/mol. The van der Waals surface area contributed by atoms with E-state index in [4.69, 9.17) is 14.5 Å². The Hall–Kier alpha value is -4.51. The number of hydrogen-bond donors (Lipinski definition) is 3. The zero-order chi connectivity index (χ0) is 30.2. The van der Waals surface area contributed by atoms with E-state index in [1.807, 2.05) is 72.3 Å². The number of thioether (sulfide) groups is 1. The molecular formula is C32H35N5O5S. The van der Waals surface area contributed by atoms with E-state index in [1.54, 1.807) is 6.07 Å². The van der Waals surface area contributed by atoms with Crippen LogP contribution in [0.2, 0.25) is 0 Å². The van der Waals surface area contributed by atoms with Crippen LogP contribution in [0.15, 0.2) is 66.7 Å². The van der Waals surface area contributed by atoms with Crippen molar-refractivity contribution >= 4 is 45.7 Å². The normalized spacial score (nSPS) is 14.5. The largest absolute Gasteiger partial charge is 0.486 e. The van der Waals surface area contributed by atoms with Crippen LogP contribution in [-0.2, 0) is 24.9 Å². The number of nitrogens with one attached hydrogen (secondary N) is 3. The summed E-state index contributed by atoms with van der Waals surface area (Å²) in [5.41, 5.74) is 3.31. The van der Waals surface area contributed by atoms with Gasteiger partial charge in [-0.05, 0) is 54.8 Å². The average Bonchev–Trinajstić information content (AvgIpc) is 3.48. The second-order valence-corrected chi connectivity index (χ2v) is 11.5. The van der Waals surface area contributed by atoms with E-state index in [0.717, 1.165) is 53.4 Å². The number of carbonyl (C=O) groups excluding carboxylic acids is 3. The maximum absolute atomic E-state index is 12.2. The third-order valence-corrected chi connectivity index (χ3v) is 8.05. The lowest BCUT2D eigenvalue weighted by molar-refractivity contribution is -0.118. The number of urea groups is 1. The molecule has 1 aliphatic rings. The molecule has 0 spiro atoms. The van der Waals surface area contributed by atoms with Gasteiger partial charge in [-0.15, -0.1) is 0 Å². The lowest BCUT2D eigenvalue weighted by Gasteiger charge is -2.10. The molecule has 3 N–H and O–H groups in total. The Morgan fingerprint density at radius 2 is 1.79 bits per heavy atom. The minimum atomic E-state index is -0.398. The lowest BCUT2D eigenvalue weighted by Crippen LogP contribution is -2.29. The number of hydrogen-bond acceptors (Lipinski definition) is 7. The molecule has 3 aromatic carbocycles. The number of imide groups is 1. The van der Waals surface area contributed by atoms with E-state index in [1.165, 1.54) is 6.42 Å². The number of anilines is 1. The quantitative estimate of drug-likeness (QED) is 0.149. The molecule has 4 amide bonds. The maximum Gasteiger partial charge on any atom is 0.319 e. The van der Waals surface area contributed by atoms with Crippen molar-refractivity contribution in [3.8, 4) is 17.2 Å². The van der Waals surface area contributed by atoms with Crippen LogP contribution < -0.4 is 25.4 Å². The SMILES string of the molecule is CCCCCCNC(=O)Nc1cccc(Oc2ccc3nc(COc4ccc(CC5SC(=O)NC5=O)cc4)n(C)c3c2)c1. The fourth-order valence-electron chi connectivity index (χ4n) is 4.73. The van der Waals surface area contributed by atoms with Gasteiger partial charge < -0.3 is 24.7 Å². The number of carbonyl (C=O) groups is 3. The number of aryl methyl sites for hydroxylation is 1. The van der Waals surface area contributed by atoms with Crippen LogP contribution in [0.3, 0.4) is 0 Å². The molecule has 10 nitrogen and oxygen atoms in total. The number of aromatic nitrogens is 2. The van der Waals surface area contributed by atoms with Gasteiger partial charge in [-0.2, -0.15) is 0 Å². The second kappa shape index (κ2) is 14.1. The molecule has 4 aromatic rings. The summed E-state index contributed by atoms with van der Waals surface area (Å²) in [6.07, 6.45) is 4.89. The molecule has 0 saturated carbocycles. The number of rotatable bonds is 13. The van der Waals surface area contributed by atoms with E-state index in [2.05, 4.69) is 22.9 Å². The van der Waals surface area contributed by atoms with Crippen molar-refractivity contribution in [2.75, 3.05) is 11.9 Å². The maximum atomic E-state index is 12.2. The van der Waals surface area contributed by atoms with E-state index in [0.29, 0.717) is 35.9 Å². The number of fused-ring (bicyclic) bond motifs is 1. The van der Waals surface area contributed by atoms with Crippen molar-refractivity contribution in [2.45, 2.75) is 50.9 Å². The van der Waals surface area contributed by atoms with Crippen molar-refractivity contribution < 1.29 is 23.9 Å². The zero-order valence-electron chi connectivity index (χ0n) is 24.2.